The van der Waals surface area contributed by atoms with Gasteiger partial charge in [-0.1, -0.05) is 22.0 Å². The fourth-order valence-corrected chi connectivity index (χ4v) is 2.88. The number of nitrogens with one attached hydrogen (secondary N) is 1. The quantitative estimate of drug-likeness (QED) is 0.766. The van der Waals surface area contributed by atoms with Gasteiger partial charge in [0.15, 0.2) is 0 Å². The average molecular weight is 352 g/mol. The van der Waals surface area contributed by atoms with Crippen molar-refractivity contribution in [1.82, 2.24) is 0 Å². The van der Waals surface area contributed by atoms with Crippen LogP contribution in [-0.2, 0) is 0 Å². The van der Waals surface area contributed by atoms with Crippen molar-refractivity contribution >= 4 is 21.6 Å². The summed E-state index contributed by atoms with van der Waals surface area (Å²) in [5, 5.41) is 23.2. The van der Waals surface area contributed by atoms with Crippen LogP contribution in [0.25, 0.3) is 0 Å². The van der Waals surface area contributed by atoms with Gasteiger partial charge in [0.25, 0.3) is 0 Å². The summed E-state index contributed by atoms with van der Waals surface area (Å²) in [7, 11) is 1.61. The normalized spacial score (nSPS) is 12.0. The van der Waals surface area contributed by atoms with E-state index in [1.165, 1.54) is 0 Å². The number of ether oxygens (including phenoxy) is 1. The van der Waals surface area contributed by atoms with E-state index >= 15 is 0 Å². The van der Waals surface area contributed by atoms with E-state index in [9.17, 15) is 10.2 Å². The third kappa shape index (κ3) is 3.24. The van der Waals surface area contributed by atoms with Crippen molar-refractivity contribution in [3.63, 3.8) is 0 Å². The highest BCUT2D eigenvalue weighted by atomic mass is 79.9. The molecule has 2 rings (SSSR count). The van der Waals surface area contributed by atoms with Crippen LogP contribution in [-0.4, -0.2) is 17.3 Å². The standard InChI is InChI=1S/C16H18BrNO3/c1-9-7-11(17)8-14(21-3)16(9)18-10(2)15-12(19)5-4-6-13(15)20/h4-8,10,18-20H,1-3H3. The van der Waals surface area contributed by atoms with Gasteiger partial charge in [0.1, 0.15) is 17.2 Å². The van der Waals surface area contributed by atoms with Gasteiger partial charge in [0.05, 0.1) is 24.4 Å². The van der Waals surface area contributed by atoms with Crippen molar-refractivity contribution in [1.29, 1.82) is 0 Å². The predicted octanol–water partition coefficient (Wildman–Crippen LogP) is 4.35. The zero-order valence-electron chi connectivity index (χ0n) is 12.1. The lowest BCUT2D eigenvalue weighted by Crippen LogP contribution is -2.09. The van der Waals surface area contributed by atoms with Crippen LogP contribution in [0, 0.1) is 6.92 Å². The summed E-state index contributed by atoms with van der Waals surface area (Å²) in [6.07, 6.45) is 0. The number of phenolic OH excluding ortho intramolecular Hbond substituents is 2. The molecule has 0 aliphatic rings. The minimum atomic E-state index is -0.278. The van der Waals surface area contributed by atoms with E-state index in [0.717, 1.165) is 15.7 Å². The number of halogens is 1. The number of phenols is 2. The second-order valence-electron chi connectivity index (χ2n) is 4.88. The van der Waals surface area contributed by atoms with Gasteiger partial charge >= 0.3 is 0 Å². The molecule has 0 aliphatic heterocycles. The molecule has 2 aromatic carbocycles. The molecule has 21 heavy (non-hydrogen) atoms. The highest BCUT2D eigenvalue weighted by molar-refractivity contribution is 9.10. The molecule has 0 radical (unpaired) electrons. The van der Waals surface area contributed by atoms with Crippen molar-refractivity contribution in [2.24, 2.45) is 0 Å². The summed E-state index contributed by atoms with van der Waals surface area (Å²) in [5.74, 6) is 0.816. The first-order valence-corrected chi connectivity index (χ1v) is 7.34. The number of hydrogen-bond donors (Lipinski definition) is 3. The first-order chi connectivity index (χ1) is 9.93. The van der Waals surface area contributed by atoms with Crippen molar-refractivity contribution in [3.8, 4) is 17.2 Å². The zero-order chi connectivity index (χ0) is 15.6. The highest BCUT2D eigenvalue weighted by Gasteiger charge is 2.17. The molecule has 4 nitrogen and oxygen atoms in total. The Bertz CT molecular complexity index is 638. The summed E-state index contributed by atoms with van der Waals surface area (Å²) >= 11 is 3.43. The van der Waals surface area contributed by atoms with Crippen LogP contribution in [0.4, 0.5) is 5.69 Å². The fraction of sp³-hybridized carbons (Fsp3) is 0.250. The molecule has 3 N–H and O–H groups in total. The van der Waals surface area contributed by atoms with E-state index in [4.69, 9.17) is 4.74 Å². The summed E-state index contributed by atoms with van der Waals surface area (Å²) < 4.78 is 6.32. The Hall–Kier alpha value is -1.88. The topological polar surface area (TPSA) is 61.7 Å². The van der Waals surface area contributed by atoms with Crippen LogP contribution in [0.5, 0.6) is 17.2 Å². The molecule has 1 unspecified atom stereocenters. The second kappa shape index (κ2) is 6.26. The maximum atomic E-state index is 9.94. The van der Waals surface area contributed by atoms with Crippen LogP contribution < -0.4 is 10.1 Å². The van der Waals surface area contributed by atoms with E-state index in [1.54, 1.807) is 25.3 Å². The average Bonchev–Trinajstić information content (AvgIpc) is 2.41. The summed E-state index contributed by atoms with van der Waals surface area (Å²) in [5.41, 5.74) is 2.29. The molecule has 0 aliphatic carbocycles. The molecule has 1 atom stereocenters. The van der Waals surface area contributed by atoms with Crippen molar-refractivity contribution in [2.75, 3.05) is 12.4 Å². The number of rotatable bonds is 4. The van der Waals surface area contributed by atoms with Gasteiger partial charge < -0.3 is 20.3 Å². The lowest BCUT2D eigenvalue weighted by atomic mass is 10.0. The van der Waals surface area contributed by atoms with E-state index in [0.29, 0.717) is 11.3 Å². The molecule has 0 aromatic heterocycles. The van der Waals surface area contributed by atoms with Crippen LogP contribution in [0.2, 0.25) is 0 Å². The van der Waals surface area contributed by atoms with Crippen LogP contribution in [0.3, 0.4) is 0 Å². The van der Waals surface area contributed by atoms with Crippen LogP contribution >= 0.6 is 15.9 Å². The van der Waals surface area contributed by atoms with Gasteiger partial charge in [-0.2, -0.15) is 0 Å². The van der Waals surface area contributed by atoms with Gasteiger partial charge in [-0.05, 0) is 43.7 Å². The van der Waals surface area contributed by atoms with Crippen molar-refractivity contribution < 1.29 is 14.9 Å². The number of methoxy groups -OCH3 is 1. The SMILES string of the molecule is COc1cc(Br)cc(C)c1NC(C)c1c(O)cccc1O. The lowest BCUT2D eigenvalue weighted by Gasteiger charge is -2.21. The number of hydrogen-bond acceptors (Lipinski definition) is 4. The molecule has 0 spiro atoms. The Morgan fingerprint density at radius 1 is 1.19 bits per heavy atom. The maximum absolute atomic E-state index is 9.94. The van der Waals surface area contributed by atoms with Gasteiger partial charge in [0.2, 0.25) is 0 Å². The Labute approximate surface area is 132 Å². The van der Waals surface area contributed by atoms with Gasteiger partial charge in [-0.3, -0.25) is 0 Å². The second-order valence-corrected chi connectivity index (χ2v) is 5.79. The molecule has 0 amide bonds. The third-order valence-corrected chi connectivity index (χ3v) is 3.80. The van der Waals surface area contributed by atoms with Crippen LogP contribution in [0.15, 0.2) is 34.8 Å². The Kier molecular flexibility index (Phi) is 4.63. The number of anilines is 1. The number of aryl methyl sites for hydroxylation is 1. The van der Waals surface area contributed by atoms with Gasteiger partial charge in [-0.15, -0.1) is 0 Å². The first-order valence-electron chi connectivity index (χ1n) is 6.55. The van der Waals surface area contributed by atoms with Crippen molar-refractivity contribution in [2.45, 2.75) is 19.9 Å². The van der Waals surface area contributed by atoms with Gasteiger partial charge in [0, 0.05) is 4.47 Å². The smallest absolute Gasteiger partial charge is 0.143 e. The molecular weight excluding hydrogens is 334 g/mol. The van der Waals surface area contributed by atoms with E-state index in [-0.39, 0.29) is 17.5 Å². The fourth-order valence-electron chi connectivity index (χ4n) is 2.33. The number of aromatic hydroxyl groups is 2. The Morgan fingerprint density at radius 3 is 2.38 bits per heavy atom. The summed E-state index contributed by atoms with van der Waals surface area (Å²) in [6.45, 7) is 3.84. The largest absolute Gasteiger partial charge is 0.507 e. The minimum absolute atomic E-state index is 0.0590. The van der Waals surface area contributed by atoms with Gasteiger partial charge in [-0.25, -0.2) is 0 Å². The van der Waals surface area contributed by atoms with E-state index in [2.05, 4.69) is 21.2 Å². The summed E-state index contributed by atoms with van der Waals surface area (Å²) in [6, 6.07) is 8.28. The first kappa shape index (κ1) is 15.5. The molecular formula is C16H18BrNO3. The Balaban J connectivity index is 2.38. The molecule has 0 fully saturated rings. The molecule has 0 saturated heterocycles. The zero-order valence-corrected chi connectivity index (χ0v) is 13.7. The molecule has 0 saturated carbocycles. The Morgan fingerprint density at radius 2 is 1.81 bits per heavy atom. The van der Waals surface area contributed by atoms with Crippen LogP contribution in [0.1, 0.15) is 24.1 Å². The highest BCUT2D eigenvalue weighted by Crippen LogP contribution is 2.38. The predicted molar refractivity (Wildman–Crippen MR) is 87.2 cm³/mol. The van der Waals surface area contributed by atoms with Crippen molar-refractivity contribution in [3.05, 3.63) is 45.9 Å². The summed E-state index contributed by atoms with van der Waals surface area (Å²) in [4.78, 5) is 0. The lowest BCUT2D eigenvalue weighted by molar-refractivity contribution is 0.414. The molecule has 0 heterocycles. The molecule has 112 valence electrons. The van der Waals surface area contributed by atoms with E-state index in [1.807, 2.05) is 26.0 Å². The number of benzene rings is 2. The maximum Gasteiger partial charge on any atom is 0.143 e. The molecule has 0 bridgehead atoms. The third-order valence-electron chi connectivity index (χ3n) is 3.34. The monoisotopic (exact) mass is 351 g/mol. The molecule has 5 heteroatoms. The molecule has 2 aromatic rings. The minimum Gasteiger partial charge on any atom is -0.507 e. The van der Waals surface area contributed by atoms with E-state index < -0.39 is 0 Å².